The van der Waals surface area contributed by atoms with Crippen LogP contribution in [0.2, 0.25) is 0 Å². The number of rotatable bonds is 4. The minimum Gasteiger partial charge on any atom is -0.496 e. The Morgan fingerprint density at radius 1 is 1.53 bits per heavy atom. The summed E-state index contributed by atoms with van der Waals surface area (Å²) < 4.78 is 6.02. The molecule has 0 saturated heterocycles. The third kappa shape index (κ3) is 3.08. The van der Waals surface area contributed by atoms with Gasteiger partial charge in [-0.2, -0.15) is 5.21 Å². The average molecular weight is 326 g/mol. The number of benzene rings is 1. The van der Waals surface area contributed by atoms with Crippen LogP contribution in [-0.2, 0) is 0 Å². The Hall–Kier alpha value is -1.96. The Bertz CT molecular complexity index is 572. The second kappa shape index (κ2) is 5.79. The molecule has 100 valence electrons. The number of nitrogens with zero attached hydrogens (tertiary/aromatic N) is 3. The Morgan fingerprint density at radius 2 is 2.32 bits per heavy atom. The summed E-state index contributed by atoms with van der Waals surface area (Å²) in [5, 5.41) is 16.2. The number of carbonyl (C=O) groups excluding carboxylic acids is 1. The summed E-state index contributed by atoms with van der Waals surface area (Å²) in [6, 6.07) is 4.84. The van der Waals surface area contributed by atoms with E-state index in [1.165, 1.54) is 7.11 Å². The van der Waals surface area contributed by atoms with Crippen LogP contribution in [0.5, 0.6) is 5.75 Å². The number of hydrogen-bond donors (Lipinski definition) is 2. The maximum absolute atomic E-state index is 12.1. The maximum atomic E-state index is 12.1. The first-order chi connectivity index (χ1) is 9.11. The van der Waals surface area contributed by atoms with Crippen LogP contribution in [0.3, 0.4) is 0 Å². The number of carbonyl (C=O) groups is 1. The number of amides is 1. The quantitative estimate of drug-likeness (QED) is 0.887. The van der Waals surface area contributed by atoms with Crippen molar-refractivity contribution >= 4 is 21.8 Å². The molecule has 2 N–H and O–H groups in total. The summed E-state index contributed by atoms with van der Waals surface area (Å²) in [7, 11) is 1.52. The van der Waals surface area contributed by atoms with Gasteiger partial charge in [-0.15, -0.1) is 10.2 Å². The fraction of sp³-hybridized carbons (Fsp3) is 0.273. The van der Waals surface area contributed by atoms with E-state index >= 15 is 0 Å². The smallest absolute Gasteiger partial charge is 0.255 e. The monoisotopic (exact) mass is 325 g/mol. The number of methoxy groups -OCH3 is 1. The molecular formula is C11H12BrN5O2. The van der Waals surface area contributed by atoms with E-state index in [4.69, 9.17) is 4.74 Å². The van der Waals surface area contributed by atoms with Crippen LogP contribution in [0, 0.1) is 0 Å². The van der Waals surface area contributed by atoms with Gasteiger partial charge in [-0.25, -0.2) is 0 Å². The lowest BCUT2D eigenvalue weighted by atomic mass is 10.1. The first-order valence-corrected chi connectivity index (χ1v) is 6.29. The molecule has 1 aromatic heterocycles. The summed E-state index contributed by atoms with van der Waals surface area (Å²) in [4.78, 5) is 12.1. The number of nitrogens with one attached hydrogen (secondary N) is 2. The van der Waals surface area contributed by atoms with Crippen LogP contribution in [0.4, 0.5) is 0 Å². The van der Waals surface area contributed by atoms with Crippen molar-refractivity contribution in [3.05, 3.63) is 34.1 Å². The molecule has 0 bridgehead atoms. The van der Waals surface area contributed by atoms with Gasteiger partial charge < -0.3 is 10.1 Å². The molecule has 1 amide bonds. The van der Waals surface area contributed by atoms with Crippen LogP contribution in [0.15, 0.2) is 22.7 Å². The van der Waals surface area contributed by atoms with Gasteiger partial charge in [0.05, 0.1) is 18.7 Å². The lowest BCUT2D eigenvalue weighted by Crippen LogP contribution is -2.27. The SMILES string of the molecule is COc1cc(Br)ccc1C(=O)NC(C)c1nn[nH]n1. The summed E-state index contributed by atoms with van der Waals surface area (Å²) in [6.45, 7) is 1.77. The third-order valence-electron chi connectivity index (χ3n) is 2.50. The van der Waals surface area contributed by atoms with Gasteiger partial charge >= 0.3 is 0 Å². The van der Waals surface area contributed by atoms with Gasteiger partial charge in [0, 0.05) is 4.47 Å². The van der Waals surface area contributed by atoms with Crippen molar-refractivity contribution in [3.8, 4) is 5.75 Å². The van der Waals surface area contributed by atoms with Gasteiger partial charge in [-0.1, -0.05) is 21.1 Å². The zero-order valence-electron chi connectivity index (χ0n) is 10.3. The molecule has 1 unspecified atom stereocenters. The highest BCUT2D eigenvalue weighted by Gasteiger charge is 2.17. The Kier molecular flexibility index (Phi) is 4.10. The second-order valence-corrected chi connectivity index (χ2v) is 4.73. The Morgan fingerprint density at radius 3 is 2.95 bits per heavy atom. The van der Waals surface area contributed by atoms with E-state index in [0.29, 0.717) is 17.1 Å². The number of hydrogen-bond acceptors (Lipinski definition) is 5. The summed E-state index contributed by atoms with van der Waals surface area (Å²) in [5.74, 6) is 0.651. The number of aromatic nitrogens is 4. The lowest BCUT2D eigenvalue weighted by Gasteiger charge is -2.12. The molecule has 1 aromatic carbocycles. The van der Waals surface area contributed by atoms with E-state index in [9.17, 15) is 4.79 Å². The number of tetrazole rings is 1. The Balaban J connectivity index is 2.16. The minimum atomic E-state index is -0.348. The molecule has 0 spiro atoms. The highest BCUT2D eigenvalue weighted by molar-refractivity contribution is 9.10. The first-order valence-electron chi connectivity index (χ1n) is 5.49. The molecule has 0 aliphatic rings. The molecule has 7 nitrogen and oxygen atoms in total. The van der Waals surface area contributed by atoms with E-state index in [1.807, 2.05) is 0 Å². The van der Waals surface area contributed by atoms with Crippen molar-refractivity contribution in [3.63, 3.8) is 0 Å². The normalized spacial score (nSPS) is 11.9. The molecule has 8 heteroatoms. The molecule has 0 aliphatic carbocycles. The standard InChI is InChI=1S/C11H12BrN5O2/c1-6(10-14-16-17-15-10)13-11(18)8-4-3-7(12)5-9(8)19-2/h3-6H,1-2H3,(H,13,18)(H,14,15,16,17). The van der Waals surface area contributed by atoms with Gasteiger partial charge in [0.2, 0.25) is 0 Å². The zero-order chi connectivity index (χ0) is 13.8. The molecule has 0 saturated carbocycles. The predicted molar refractivity (Wildman–Crippen MR) is 70.8 cm³/mol. The van der Waals surface area contributed by atoms with Crippen LogP contribution < -0.4 is 10.1 Å². The summed E-state index contributed by atoms with van der Waals surface area (Å²) >= 11 is 3.32. The van der Waals surface area contributed by atoms with E-state index in [0.717, 1.165) is 4.47 Å². The molecule has 2 rings (SSSR count). The van der Waals surface area contributed by atoms with Crippen molar-refractivity contribution in [2.75, 3.05) is 7.11 Å². The molecule has 1 atom stereocenters. The number of aromatic amines is 1. The van der Waals surface area contributed by atoms with Gasteiger partial charge in [-0.05, 0) is 25.1 Å². The molecule has 0 radical (unpaired) electrons. The van der Waals surface area contributed by atoms with Crippen molar-refractivity contribution < 1.29 is 9.53 Å². The van der Waals surface area contributed by atoms with Crippen molar-refractivity contribution in [2.24, 2.45) is 0 Å². The molecule has 0 aliphatic heterocycles. The fourth-order valence-electron chi connectivity index (χ4n) is 1.54. The van der Waals surface area contributed by atoms with E-state index in [1.54, 1.807) is 25.1 Å². The van der Waals surface area contributed by atoms with Crippen LogP contribution in [0.25, 0.3) is 0 Å². The first kappa shape index (κ1) is 13.5. The lowest BCUT2D eigenvalue weighted by molar-refractivity contribution is 0.0935. The molecular weight excluding hydrogens is 314 g/mol. The highest BCUT2D eigenvalue weighted by Crippen LogP contribution is 2.23. The molecule has 2 aromatic rings. The number of H-pyrrole nitrogens is 1. The zero-order valence-corrected chi connectivity index (χ0v) is 11.9. The van der Waals surface area contributed by atoms with Gasteiger partial charge in [0.25, 0.3) is 5.91 Å². The molecule has 0 fully saturated rings. The van der Waals surface area contributed by atoms with Gasteiger partial charge in [-0.3, -0.25) is 4.79 Å². The van der Waals surface area contributed by atoms with Gasteiger partial charge in [0.15, 0.2) is 5.82 Å². The van der Waals surface area contributed by atoms with Crippen LogP contribution in [0.1, 0.15) is 29.1 Å². The van der Waals surface area contributed by atoms with Crippen molar-refractivity contribution in [1.82, 2.24) is 25.9 Å². The largest absolute Gasteiger partial charge is 0.496 e. The van der Waals surface area contributed by atoms with E-state index in [2.05, 4.69) is 41.9 Å². The van der Waals surface area contributed by atoms with Crippen molar-refractivity contribution in [1.29, 1.82) is 0 Å². The predicted octanol–water partition coefficient (Wildman–Crippen LogP) is 1.46. The van der Waals surface area contributed by atoms with Gasteiger partial charge in [0.1, 0.15) is 5.75 Å². The fourth-order valence-corrected chi connectivity index (χ4v) is 1.88. The minimum absolute atomic E-state index is 0.262. The second-order valence-electron chi connectivity index (χ2n) is 3.81. The van der Waals surface area contributed by atoms with Crippen LogP contribution >= 0.6 is 15.9 Å². The van der Waals surface area contributed by atoms with Crippen molar-refractivity contribution in [2.45, 2.75) is 13.0 Å². The van der Waals surface area contributed by atoms with E-state index < -0.39 is 0 Å². The molecule has 19 heavy (non-hydrogen) atoms. The Labute approximate surface area is 117 Å². The third-order valence-corrected chi connectivity index (χ3v) is 3.00. The summed E-state index contributed by atoms with van der Waals surface area (Å²) in [6.07, 6.45) is 0. The maximum Gasteiger partial charge on any atom is 0.255 e. The number of ether oxygens (including phenoxy) is 1. The molecule has 1 heterocycles. The summed E-state index contributed by atoms with van der Waals surface area (Å²) in [5.41, 5.74) is 0.445. The highest BCUT2D eigenvalue weighted by atomic mass is 79.9. The van der Waals surface area contributed by atoms with E-state index in [-0.39, 0.29) is 11.9 Å². The topological polar surface area (TPSA) is 92.8 Å². The average Bonchev–Trinajstić information content (AvgIpc) is 2.92. The van der Waals surface area contributed by atoms with Crippen LogP contribution in [-0.4, -0.2) is 33.6 Å². The number of halogens is 1.